The third-order valence-electron chi connectivity index (χ3n) is 2.07. The largest absolute Gasteiger partial charge is 0.492 e. The summed E-state index contributed by atoms with van der Waals surface area (Å²) in [4.78, 5) is 4.03. The van der Waals surface area contributed by atoms with E-state index in [4.69, 9.17) is 11.2 Å². The molecule has 0 amide bonds. The van der Waals surface area contributed by atoms with Crippen LogP contribution in [-0.4, -0.2) is 11.6 Å². The van der Waals surface area contributed by atoms with E-state index in [1.54, 1.807) is 12.3 Å². The van der Waals surface area contributed by atoms with Gasteiger partial charge in [0, 0.05) is 0 Å². The highest BCUT2D eigenvalue weighted by atomic mass is 16.5. The Kier molecular flexibility index (Phi) is 2.18. The van der Waals surface area contributed by atoms with Crippen LogP contribution in [0.15, 0.2) is 18.3 Å². The summed E-state index contributed by atoms with van der Waals surface area (Å²) in [5.41, 5.74) is 0.652. The molecule has 0 spiro atoms. The Morgan fingerprint density at radius 1 is 1.54 bits per heavy atom. The van der Waals surface area contributed by atoms with Crippen molar-refractivity contribution in [3.8, 4) is 18.1 Å². The standard InChI is InChI=1S/C11H11NO/c1-2-10-5-6-11(7-12-10)13-8-9-3-4-9/h1,5-7,9H,3-4,8H2. The molecule has 13 heavy (non-hydrogen) atoms. The number of nitrogens with zero attached hydrogens (tertiary/aromatic N) is 1. The molecule has 0 aromatic carbocycles. The van der Waals surface area contributed by atoms with Crippen LogP contribution in [-0.2, 0) is 0 Å². The van der Waals surface area contributed by atoms with Gasteiger partial charge in [-0.1, -0.05) is 5.92 Å². The first kappa shape index (κ1) is 8.12. The lowest BCUT2D eigenvalue weighted by Gasteiger charge is -2.03. The molecule has 0 radical (unpaired) electrons. The Hall–Kier alpha value is -1.49. The van der Waals surface area contributed by atoms with E-state index in [1.807, 2.05) is 6.07 Å². The summed E-state index contributed by atoms with van der Waals surface area (Å²) in [5.74, 6) is 4.05. The summed E-state index contributed by atoms with van der Waals surface area (Å²) in [6.07, 6.45) is 9.46. The van der Waals surface area contributed by atoms with Crippen molar-refractivity contribution in [1.82, 2.24) is 4.98 Å². The molecule has 0 aliphatic heterocycles. The third kappa shape index (κ3) is 2.22. The maximum Gasteiger partial charge on any atom is 0.137 e. The van der Waals surface area contributed by atoms with Crippen molar-refractivity contribution in [1.29, 1.82) is 0 Å². The van der Waals surface area contributed by atoms with Crippen molar-refractivity contribution < 1.29 is 4.74 Å². The average molecular weight is 173 g/mol. The molecule has 1 aromatic heterocycles. The summed E-state index contributed by atoms with van der Waals surface area (Å²) >= 11 is 0. The monoisotopic (exact) mass is 173 g/mol. The number of rotatable bonds is 3. The first-order chi connectivity index (χ1) is 6.38. The van der Waals surface area contributed by atoms with Crippen LogP contribution in [0.4, 0.5) is 0 Å². The quantitative estimate of drug-likeness (QED) is 0.651. The molecule has 2 nitrogen and oxygen atoms in total. The van der Waals surface area contributed by atoms with Gasteiger partial charge in [-0.15, -0.1) is 6.42 Å². The third-order valence-corrected chi connectivity index (χ3v) is 2.07. The molecule has 1 fully saturated rings. The summed E-state index contributed by atoms with van der Waals surface area (Å²) in [5, 5.41) is 0. The average Bonchev–Trinajstić information content (AvgIpc) is 2.99. The van der Waals surface area contributed by atoms with E-state index in [-0.39, 0.29) is 0 Å². The molecule has 1 aliphatic carbocycles. The summed E-state index contributed by atoms with van der Waals surface area (Å²) < 4.78 is 5.50. The first-order valence-electron chi connectivity index (χ1n) is 4.44. The van der Waals surface area contributed by atoms with E-state index < -0.39 is 0 Å². The summed E-state index contributed by atoms with van der Waals surface area (Å²) in [6.45, 7) is 0.817. The van der Waals surface area contributed by atoms with Crippen LogP contribution in [0, 0.1) is 18.3 Å². The normalized spacial score (nSPS) is 15.0. The van der Waals surface area contributed by atoms with Gasteiger partial charge in [0.15, 0.2) is 0 Å². The van der Waals surface area contributed by atoms with E-state index in [9.17, 15) is 0 Å². The molecule has 0 atom stereocenters. The zero-order chi connectivity index (χ0) is 9.10. The highest BCUT2D eigenvalue weighted by Gasteiger charge is 2.21. The van der Waals surface area contributed by atoms with Crippen LogP contribution in [0.25, 0.3) is 0 Å². The van der Waals surface area contributed by atoms with Crippen molar-refractivity contribution in [2.75, 3.05) is 6.61 Å². The smallest absolute Gasteiger partial charge is 0.137 e. The van der Waals surface area contributed by atoms with Gasteiger partial charge in [0.1, 0.15) is 11.4 Å². The molecule has 2 heteroatoms. The highest BCUT2D eigenvalue weighted by Crippen LogP contribution is 2.29. The fraction of sp³-hybridized carbons (Fsp3) is 0.364. The lowest BCUT2D eigenvalue weighted by Crippen LogP contribution is -1.99. The van der Waals surface area contributed by atoms with Crippen LogP contribution in [0.2, 0.25) is 0 Å². The Balaban J connectivity index is 1.93. The van der Waals surface area contributed by atoms with Gasteiger partial charge in [0.05, 0.1) is 12.8 Å². The van der Waals surface area contributed by atoms with Crippen molar-refractivity contribution in [2.24, 2.45) is 5.92 Å². The molecule has 0 N–H and O–H groups in total. The Bertz CT molecular complexity index is 319. The zero-order valence-corrected chi connectivity index (χ0v) is 7.36. The van der Waals surface area contributed by atoms with E-state index in [2.05, 4.69) is 10.9 Å². The fourth-order valence-electron chi connectivity index (χ4n) is 1.05. The molecule has 1 aromatic rings. The number of hydrogen-bond donors (Lipinski definition) is 0. The van der Waals surface area contributed by atoms with E-state index in [0.717, 1.165) is 18.3 Å². The topological polar surface area (TPSA) is 22.1 Å². The molecule has 0 saturated heterocycles. The number of pyridine rings is 1. The SMILES string of the molecule is C#Cc1ccc(OCC2CC2)cn1. The lowest BCUT2D eigenvalue weighted by molar-refractivity contribution is 0.298. The first-order valence-corrected chi connectivity index (χ1v) is 4.44. The number of hydrogen-bond acceptors (Lipinski definition) is 2. The van der Waals surface area contributed by atoms with Crippen LogP contribution < -0.4 is 4.74 Å². The molecule has 1 saturated carbocycles. The molecular formula is C11H11NO. The molecule has 66 valence electrons. The van der Waals surface area contributed by atoms with Crippen LogP contribution in [0.3, 0.4) is 0 Å². The Morgan fingerprint density at radius 2 is 2.38 bits per heavy atom. The minimum atomic E-state index is 0.652. The molecule has 1 aliphatic rings. The van der Waals surface area contributed by atoms with Crippen molar-refractivity contribution >= 4 is 0 Å². The maximum absolute atomic E-state index is 5.50. The van der Waals surface area contributed by atoms with Gasteiger partial charge in [0.2, 0.25) is 0 Å². The minimum absolute atomic E-state index is 0.652. The van der Waals surface area contributed by atoms with Crippen molar-refractivity contribution in [3.63, 3.8) is 0 Å². The van der Waals surface area contributed by atoms with Gasteiger partial charge in [-0.2, -0.15) is 0 Å². The second kappa shape index (κ2) is 3.49. The van der Waals surface area contributed by atoms with Gasteiger partial charge in [-0.3, -0.25) is 0 Å². The van der Waals surface area contributed by atoms with E-state index in [0.29, 0.717) is 5.69 Å². The van der Waals surface area contributed by atoms with Crippen molar-refractivity contribution in [2.45, 2.75) is 12.8 Å². The molecule has 0 bridgehead atoms. The Labute approximate surface area is 77.9 Å². The highest BCUT2D eigenvalue weighted by molar-refractivity contribution is 5.28. The Morgan fingerprint density at radius 3 is 2.92 bits per heavy atom. The van der Waals surface area contributed by atoms with E-state index in [1.165, 1.54) is 12.8 Å². The van der Waals surface area contributed by atoms with Gasteiger partial charge in [-0.25, -0.2) is 4.98 Å². The predicted octanol–water partition coefficient (Wildman–Crippen LogP) is 1.85. The van der Waals surface area contributed by atoms with E-state index >= 15 is 0 Å². The molecule has 1 heterocycles. The second-order valence-corrected chi connectivity index (χ2v) is 3.28. The van der Waals surface area contributed by atoms with Crippen LogP contribution in [0.5, 0.6) is 5.75 Å². The van der Waals surface area contributed by atoms with Crippen molar-refractivity contribution in [3.05, 3.63) is 24.0 Å². The summed E-state index contributed by atoms with van der Waals surface area (Å²) in [6, 6.07) is 3.66. The number of aromatic nitrogens is 1. The van der Waals surface area contributed by atoms with Gasteiger partial charge < -0.3 is 4.74 Å². The predicted molar refractivity (Wildman–Crippen MR) is 50.4 cm³/mol. The summed E-state index contributed by atoms with van der Waals surface area (Å²) in [7, 11) is 0. The zero-order valence-electron chi connectivity index (χ0n) is 7.36. The fourth-order valence-corrected chi connectivity index (χ4v) is 1.05. The molecule has 0 unspecified atom stereocenters. The number of terminal acetylenes is 1. The number of ether oxygens (including phenoxy) is 1. The maximum atomic E-state index is 5.50. The molecule has 2 rings (SSSR count). The molecular weight excluding hydrogens is 162 g/mol. The van der Waals surface area contributed by atoms with Gasteiger partial charge >= 0.3 is 0 Å². The minimum Gasteiger partial charge on any atom is -0.492 e. The van der Waals surface area contributed by atoms with Gasteiger partial charge in [-0.05, 0) is 30.9 Å². The lowest BCUT2D eigenvalue weighted by atomic mass is 10.3. The van der Waals surface area contributed by atoms with Gasteiger partial charge in [0.25, 0.3) is 0 Å². The van der Waals surface area contributed by atoms with Crippen LogP contribution in [0.1, 0.15) is 18.5 Å². The second-order valence-electron chi connectivity index (χ2n) is 3.28. The van der Waals surface area contributed by atoms with Crippen LogP contribution >= 0.6 is 0 Å².